The summed E-state index contributed by atoms with van der Waals surface area (Å²) in [6.07, 6.45) is 2.51. The van der Waals surface area contributed by atoms with Gasteiger partial charge in [0, 0.05) is 30.6 Å². The number of hydrogen-bond acceptors (Lipinski definition) is 4. The van der Waals surface area contributed by atoms with Gasteiger partial charge in [-0.2, -0.15) is 4.31 Å². The average molecular weight is 437 g/mol. The first kappa shape index (κ1) is 21.6. The van der Waals surface area contributed by atoms with Crippen LogP contribution in [0.2, 0.25) is 5.02 Å². The number of methoxy groups -OCH3 is 1. The summed E-state index contributed by atoms with van der Waals surface area (Å²) < 4.78 is 32.7. The van der Waals surface area contributed by atoms with E-state index in [0.717, 1.165) is 24.2 Å². The number of carbonyl (C=O) groups excluding carboxylic acids is 1. The zero-order chi connectivity index (χ0) is 20.9. The highest BCUT2D eigenvalue weighted by Gasteiger charge is 2.34. The van der Waals surface area contributed by atoms with Crippen LogP contribution in [0.4, 0.5) is 0 Å². The molecule has 1 atom stereocenters. The molecule has 2 aromatic carbocycles. The lowest BCUT2D eigenvalue weighted by Crippen LogP contribution is -2.45. The number of hydrogen-bond donors (Lipinski definition) is 1. The van der Waals surface area contributed by atoms with Crippen molar-refractivity contribution < 1.29 is 17.9 Å². The molecule has 29 heavy (non-hydrogen) atoms. The van der Waals surface area contributed by atoms with E-state index < -0.39 is 10.0 Å². The molecule has 0 radical (unpaired) electrons. The SMILES string of the molecule is COc1ccc(CNC(=O)CC2CCCCN2S(=O)(=O)c2ccc(Cl)cc2)cc1. The second-order valence-electron chi connectivity index (χ2n) is 7.05. The molecule has 0 aliphatic carbocycles. The molecule has 2 aromatic rings. The maximum Gasteiger partial charge on any atom is 0.243 e. The Morgan fingerprint density at radius 1 is 1.14 bits per heavy atom. The van der Waals surface area contributed by atoms with Gasteiger partial charge in [0.25, 0.3) is 0 Å². The van der Waals surface area contributed by atoms with Crippen LogP contribution in [-0.2, 0) is 21.4 Å². The Labute approximate surface area is 176 Å². The molecule has 1 heterocycles. The van der Waals surface area contributed by atoms with Gasteiger partial charge in [0.2, 0.25) is 15.9 Å². The van der Waals surface area contributed by atoms with Crippen LogP contribution in [0.5, 0.6) is 5.75 Å². The van der Waals surface area contributed by atoms with Crippen molar-refractivity contribution in [3.8, 4) is 5.75 Å². The minimum atomic E-state index is -3.67. The highest BCUT2D eigenvalue weighted by Crippen LogP contribution is 2.27. The maximum atomic E-state index is 13.1. The van der Waals surface area contributed by atoms with Crippen molar-refractivity contribution in [1.82, 2.24) is 9.62 Å². The second kappa shape index (κ2) is 9.61. The van der Waals surface area contributed by atoms with Crippen LogP contribution in [0.1, 0.15) is 31.2 Å². The van der Waals surface area contributed by atoms with Gasteiger partial charge >= 0.3 is 0 Å². The highest BCUT2D eigenvalue weighted by molar-refractivity contribution is 7.89. The molecule has 1 amide bonds. The number of halogens is 1. The Bertz CT molecular complexity index is 930. The Morgan fingerprint density at radius 3 is 2.48 bits per heavy atom. The molecule has 0 saturated carbocycles. The molecule has 3 rings (SSSR count). The summed E-state index contributed by atoms with van der Waals surface area (Å²) in [6, 6.07) is 13.2. The summed E-state index contributed by atoms with van der Waals surface area (Å²) in [7, 11) is -2.07. The molecular formula is C21H25ClN2O4S. The number of benzene rings is 2. The standard InChI is InChI=1S/C21H25ClN2O4S/c1-28-19-9-5-16(6-10-19)15-23-21(25)14-18-4-2-3-13-24(18)29(26,27)20-11-7-17(22)8-12-20/h5-12,18H,2-4,13-15H2,1H3,(H,23,25). The van der Waals surface area contributed by atoms with Gasteiger partial charge in [0.05, 0.1) is 12.0 Å². The Kier molecular flexibility index (Phi) is 7.16. The smallest absolute Gasteiger partial charge is 0.243 e. The Morgan fingerprint density at radius 2 is 1.83 bits per heavy atom. The van der Waals surface area contributed by atoms with E-state index in [1.54, 1.807) is 19.2 Å². The highest BCUT2D eigenvalue weighted by atomic mass is 35.5. The van der Waals surface area contributed by atoms with Crippen molar-refractivity contribution in [2.24, 2.45) is 0 Å². The number of sulfonamides is 1. The van der Waals surface area contributed by atoms with Crippen LogP contribution in [0, 0.1) is 0 Å². The number of nitrogens with one attached hydrogen (secondary N) is 1. The zero-order valence-electron chi connectivity index (χ0n) is 16.3. The lowest BCUT2D eigenvalue weighted by atomic mass is 10.0. The molecule has 0 spiro atoms. The van der Waals surface area contributed by atoms with Crippen LogP contribution in [-0.4, -0.2) is 38.3 Å². The zero-order valence-corrected chi connectivity index (χ0v) is 17.9. The summed E-state index contributed by atoms with van der Waals surface area (Å²) in [6.45, 7) is 0.806. The fraction of sp³-hybridized carbons (Fsp3) is 0.381. The number of rotatable bonds is 7. The third-order valence-electron chi connectivity index (χ3n) is 5.06. The number of piperidine rings is 1. The van der Waals surface area contributed by atoms with Gasteiger partial charge in [-0.05, 0) is 54.8 Å². The van der Waals surface area contributed by atoms with Crippen LogP contribution in [0.15, 0.2) is 53.4 Å². The molecule has 8 heteroatoms. The van der Waals surface area contributed by atoms with Crippen molar-refractivity contribution in [3.63, 3.8) is 0 Å². The lowest BCUT2D eigenvalue weighted by molar-refractivity contribution is -0.122. The topological polar surface area (TPSA) is 75.7 Å². The molecule has 1 aliphatic heterocycles. The van der Waals surface area contributed by atoms with Gasteiger partial charge in [0.15, 0.2) is 0 Å². The van der Waals surface area contributed by atoms with E-state index in [9.17, 15) is 13.2 Å². The van der Waals surface area contributed by atoms with Crippen LogP contribution in [0.3, 0.4) is 0 Å². The minimum absolute atomic E-state index is 0.142. The molecule has 0 aromatic heterocycles. The first-order valence-electron chi connectivity index (χ1n) is 9.57. The third-order valence-corrected chi connectivity index (χ3v) is 7.28. The van der Waals surface area contributed by atoms with Crippen LogP contribution < -0.4 is 10.1 Å². The van der Waals surface area contributed by atoms with Crippen LogP contribution >= 0.6 is 11.6 Å². The van der Waals surface area contributed by atoms with Gasteiger partial charge in [-0.3, -0.25) is 4.79 Å². The van der Waals surface area contributed by atoms with Crippen molar-refractivity contribution in [2.45, 2.75) is 43.2 Å². The van der Waals surface area contributed by atoms with Gasteiger partial charge in [-0.1, -0.05) is 30.2 Å². The van der Waals surface area contributed by atoms with E-state index in [0.29, 0.717) is 24.5 Å². The Hall–Kier alpha value is -2.09. The molecule has 1 aliphatic rings. The molecule has 1 saturated heterocycles. The van der Waals surface area contributed by atoms with Crippen LogP contribution in [0.25, 0.3) is 0 Å². The quantitative estimate of drug-likeness (QED) is 0.719. The fourth-order valence-corrected chi connectivity index (χ4v) is 5.29. The van der Waals surface area contributed by atoms with E-state index in [2.05, 4.69) is 5.32 Å². The van der Waals surface area contributed by atoms with Gasteiger partial charge in [-0.25, -0.2) is 8.42 Å². The van der Waals surface area contributed by atoms with Gasteiger partial charge in [-0.15, -0.1) is 0 Å². The summed E-state index contributed by atoms with van der Waals surface area (Å²) in [5.74, 6) is 0.592. The van der Waals surface area contributed by atoms with E-state index >= 15 is 0 Å². The summed E-state index contributed by atoms with van der Waals surface area (Å²) in [5.41, 5.74) is 0.952. The van der Waals surface area contributed by atoms with Gasteiger partial charge in [0.1, 0.15) is 5.75 Å². The number of amides is 1. The number of ether oxygens (including phenoxy) is 1. The monoisotopic (exact) mass is 436 g/mol. The van der Waals surface area contributed by atoms with E-state index in [-0.39, 0.29) is 23.3 Å². The first-order chi connectivity index (χ1) is 13.9. The minimum Gasteiger partial charge on any atom is -0.497 e. The van der Waals surface area contributed by atoms with E-state index in [4.69, 9.17) is 16.3 Å². The summed E-state index contributed by atoms with van der Waals surface area (Å²) >= 11 is 5.88. The van der Waals surface area contributed by atoms with Crippen molar-refractivity contribution in [1.29, 1.82) is 0 Å². The maximum absolute atomic E-state index is 13.1. The molecule has 1 N–H and O–H groups in total. The van der Waals surface area contributed by atoms with Crippen molar-refractivity contribution in [2.75, 3.05) is 13.7 Å². The summed E-state index contributed by atoms with van der Waals surface area (Å²) in [5, 5.41) is 3.37. The van der Waals surface area contributed by atoms with E-state index in [1.807, 2.05) is 24.3 Å². The average Bonchev–Trinajstić information content (AvgIpc) is 2.73. The molecule has 6 nitrogen and oxygen atoms in total. The van der Waals surface area contributed by atoms with Crippen molar-refractivity contribution in [3.05, 3.63) is 59.1 Å². The lowest BCUT2D eigenvalue weighted by Gasteiger charge is -2.34. The molecule has 0 bridgehead atoms. The molecule has 156 valence electrons. The largest absolute Gasteiger partial charge is 0.497 e. The van der Waals surface area contributed by atoms with Gasteiger partial charge < -0.3 is 10.1 Å². The number of carbonyl (C=O) groups is 1. The first-order valence-corrected chi connectivity index (χ1v) is 11.4. The van der Waals surface area contributed by atoms with E-state index in [1.165, 1.54) is 16.4 Å². The normalized spacial score (nSPS) is 17.7. The van der Waals surface area contributed by atoms with Crippen molar-refractivity contribution >= 4 is 27.5 Å². The molecule has 1 fully saturated rings. The number of nitrogens with zero attached hydrogens (tertiary/aromatic N) is 1. The summed E-state index contributed by atoms with van der Waals surface area (Å²) in [4.78, 5) is 12.7. The Balaban J connectivity index is 1.64. The third kappa shape index (κ3) is 5.50. The predicted molar refractivity (Wildman–Crippen MR) is 112 cm³/mol. The molecule has 1 unspecified atom stereocenters. The second-order valence-corrected chi connectivity index (χ2v) is 9.38. The fourth-order valence-electron chi connectivity index (χ4n) is 3.47. The molecular weight excluding hydrogens is 412 g/mol. The predicted octanol–water partition coefficient (Wildman–Crippen LogP) is 3.60.